The van der Waals surface area contributed by atoms with Crippen molar-refractivity contribution in [2.45, 2.75) is 38.8 Å². The van der Waals surface area contributed by atoms with Gasteiger partial charge in [0.1, 0.15) is 0 Å². The molecule has 0 aromatic heterocycles. The average Bonchev–Trinajstić information content (AvgIpc) is 2.88. The third-order valence-electron chi connectivity index (χ3n) is 3.61. The zero-order valence-corrected chi connectivity index (χ0v) is 11.5. The number of nitrogens with zero attached hydrogens (tertiary/aromatic N) is 1. The minimum Gasteiger partial charge on any atom is -0.313 e. The van der Waals surface area contributed by atoms with Gasteiger partial charge in [-0.25, -0.2) is 8.78 Å². The van der Waals surface area contributed by atoms with E-state index in [1.54, 1.807) is 12.1 Å². The van der Waals surface area contributed by atoms with Gasteiger partial charge in [-0.05, 0) is 38.4 Å². The first kappa shape index (κ1) is 14.4. The number of halogens is 2. The van der Waals surface area contributed by atoms with Gasteiger partial charge in [0, 0.05) is 24.7 Å². The molecule has 0 saturated carbocycles. The summed E-state index contributed by atoms with van der Waals surface area (Å²) in [5.74, 6) is -1.46. The molecule has 19 heavy (non-hydrogen) atoms. The summed E-state index contributed by atoms with van der Waals surface area (Å²) < 4.78 is 26.9. The molecular weight excluding hydrogens is 246 g/mol. The molecule has 1 N–H and O–H groups in total. The molecule has 1 aromatic carbocycles. The van der Waals surface area contributed by atoms with Crippen molar-refractivity contribution in [2.75, 3.05) is 19.6 Å². The molecule has 1 aliphatic rings. The lowest BCUT2D eigenvalue weighted by atomic mass is 10.1. The molecule has 1 saturated heterocycles. The summed E-state index contributed by atoms with van der Waals surface area (Å²) in [6.45, 7) is 5.48. The lowest BCUT2D eigenvalue weighted by Crippen LogP contribution is -2.37. The zero-order chi connectivity index (χ0) is 13.7. The SMILES string of the molecule is CCCN(Cc1cccc(F)c1F)CC1CCCN1. The Hall–Kier alpha value is -1.00. The molecule has 106 valence electrons. The van der Waals surface area contributed by atoms with Gasteiger partial charge in [-0.15, -0.1) is 0 Å². The molecular formula is C15H22F2N2. The number of rotatable bonds is 6. The van der Waals surface area contributed by atoms with E-state index in [2.05, 4.69) is 17.1 Å². The summed E-state index contributed by atoms with van der Waals surface area (Å²) in [6.07, 6.45) is 3.40. The van der Waals surface area contributed by atoms with Gasteiger partial charge in [-0.3, -0.25) is 4.90 Å². The van der Waals surface area contributed by atoms with Gasteiger partial charge in [0.25, 0.3) is 0 Å². The van der Waals surface area contributed by atoms with Crippen LogP contribution in [0.2, 0.25) is 0 Å². The minimum absolute atomic E-state index is 0.450. The highest BCUT2D eigenvalue weighted by molar-refractivity contribution is 5.18. The van der Waals surface area contributed by atoms with Crippen LogP contribution in [0.3, 0.4) is 0 Å². The van der Waals surface area contributed by atoms with Crippen LogP contribution >= 0.6 is 0 Å². The van der Waals surface area contributed by atoms with Crippen molar-refractivity contribution in [3.05, 3.63) is 35.4 Å². The highest BCUT2D eigenvalue weighted by Gasteiger charge is 2.19. The van der Waals surface area contributed by atoms with E-state index in [0.29, 0.717) is 18.2 Å². The van der Waals surface area contributed by atoms with E-state index >= 15 is 0 Å². The molecule has 1 atom stereocenters. The second-order valence-corrected chi connectivity index (χ2v) is 5.24. The second kappa shape index (κ2) is 6.96. The summed E-state index contributed by atoms with van der Waals surface area (Å²) in [4.78, 5) is 2.21. The number of hydrogen-bond acceptors (Lipinski definition) is 2. The maximum absolute atomic E-state index is 13.7. The van der Waals surface area contributed by atoms with Crippen LogP contribution in [0.15, 0.2) is 18.2 Å². The van der Waals surface area contributed by atoms with Crippen LogP contribution in [0.1, 0.15) is 31.7 Å². The normalized spacial score (nSPS) is 19.3. The van der Waals surface area contributed by atoms with E-state index in [4.69, 9.17) is 0 Å². The Morgan fingerprint density at radius 1 is 1.37 bits per heavy atom. The van der Waals surface area contributed by atoms with Gasteiger partial charge in [0.15, 0.2) is 11.6 Å². The summed E-state index contributed by atoms with van der Waals surface area (Å²) in [5.41, 5.74) is 0.450. The van der Waals surface area contributed by atoms with Crippen molar-refractivity contribution in [2.24, 2.45) is 0 Å². The van der Waals surface area contributed by atoms with E-state index in [9.17, 15) is 8.78 Å². The van der Waals surface area contributed by atoms with E-state index in [0.717, 1.165) is 26.1 Å². The molecule has 4 heteroatoms. The van der Waals surface area contributed by atoms with Gasteiger partial charge in [0.05, 0.1) is 0 Å². The predicted molar refractivity (Wildman–Crippen MR) is 73.0 cm³/mol. The Kier molecular flexibility index (Phi) is 5.28. The lowest BCUT2D eigenvalue weighted by Gasteiger charge is -2.25. The standard InChI is InChI=1S/C15H22F2N2/c1-2-9-19(11-13-6-4-8-18-13)10-12-5-3-7-14(16)15(12)17/h3,5,7,13,18H,2,4,6,8-11H2,1H3. The van der Waals surface area contributed by atoms with Crippen LogP contribution in [-0.4, -0.2) is 30.6 Å². The van der Waals surface area contributed by atoms with Gasteiger partial charge in [-0.2, -0.15) is 0 Å². The Morgan fingerprint density at radius 2 is 2.21 bits per heavy atom. The van der Waals surface area contributed by atoms with Crippen molar-refractivity contribution in [1.29, 1.82) is 0 Å². The van der Waals surface area contributed by atoms with Crippen LogP contribution in [0.5, 0.6) is 0 Å². The molecule has 0 aliphatic carbocycles. The highest BCUT2D eigenvalue weighted by Crippen LogP contribution is 2.15. The molecule has 0 amide bonds. The quantitative estimate of drug-likeness (QED) is 0.853. The average molecular weight is 268 g/mol. The molecule has 0 radical (unpaired) electrons. The summed E-state index contributed by atoms with van der Waals surface area (Å²) in [5, 5.41) is 3.45. The van der Waals surface area contributed by atoms with E-state index in [-0.39, 0.29) is 0 Å². The highest BCUT2D eigenvalue weighted by atomic mass is 19.2. The smallest absolute Gasteiger partial charge is 0.163 e. The van der Waals surface area contributed by atoms with E-state index in [1.807, 2.05) is 0 Å². The summed E-state index contributed by atoms with van der Waals surface area (Å²) in [7, 11) is 0. The molecule has 1 unspecified atom stereocenters. The fraction of sp³-hybridized carbons (Fsp3) is 0.600. The molecule has 1 aliphatic heterocycles. The van der Waals surface area contributed by atoms with Crippen molar-refractivity contribution < 1.29 is 8.78 Å². The van der Waals surface area contributed by atoms with Gasteiger partial charge in [0.2, 0.25) is 0 Å². The minimum atomic E-state index is -0.757. The molecule has 1 fully saturated rings. The first-order chi connectivity index (χ1) is 9.20. The first-order valence-corrected chi connectivity index (χ1v) is 7.09. The maximum atomic E-state index is 13.7. The topological polar surface area (TPSA) is 15.3 Å². The van der Waals surface area contributed by atoms with Gasteiger partial charge >= 0.3 is 0 Å². The monoisotopic (exact) mass is 268 g/mol. The number of nitrogens with one attached hydrogen (secondary N) is 1. The number of hydrogen-bond donors (Lipinski definition) is 1. The third kappa shape index (κ3) is 3.98. The Bertz CT molecular complexity index is 403. The van der Waals surface area contributed by atoms with Crippen molar-refractivity contribution in [3.63, 3.8) is 0 Å². The van der Waals surface area contributed by atoms with Crippen molar-refractivity contribution in [3.8, 4) is 0 Å². The molecule has 0 bridgehead atoms. The molecule has 1 heterocycles. The van der Waals surface area contributed by atoms with Crippen LogP contribution in [0.25, 0.3) is 0 Å². The predicted octanol–water partition coefficient (Wildman–Crippen LogP) is 2.93. The van der Waals surface area contributed by atoms with Crippen molar-refractivity contribution >= 4 is 0 Å². The van der Waals surface area contributed by atoms with Crippen LogP contribution in [0.4, 0.5) is 8.78 Å². The van der Waals surface area contributed by atoms with E-state index < -0.39 is 11.6 Å². The summed E-state index contributed by atoms with van der Waals surface area (Å²) in [6, 6.07) is 4.90. The zero-order valence-electron chi connectivity index (χ0n) is 11.5. The first-order valence-electron chi connectivity index (χ1n) is 7.09. The Labute approximate surface area is 113 Å². The lowest BCUT2D eigenvalue weighted by molar-refractivity contribution is 0.237. The largest absolute Gasteiger partial charge is 0.313 e. The maximum Gasteiger partial charge on any atom is 0.163 e. The van der Waals surface area contributed by atoms with Gasteiger partial charge < -0.3 is 5.32 Å². The van der Waals surface area contributed by atoms with E-state index in [1.165, 1.54) is 18.9 Å². The van der Waals surface area contributed by atoms with Crippen LogP contribution < -0.4 is 5.32 Å². The third-order valence-corrected chi connectivity index (χ3v) is 3.61. The fourth-order valence-corrected chi connectivity index (χ4v) is 2.69. The van der Waals surface area contributed by atoms with Crippen molar-refractivity contribution in [1.82, 2.24) is 10.2 Å². The molecule has 2 rings (SSSR count). The molecule has 0 spiro atoms. The Morgan fingerprint density at radius 3 is 2.89 bits per heavy atom. The number of benzene rings is 1. The fourth-order valence-electron chi connectivity index (χ4n) is 2.69. The molecule has 2 nitrogen and oxygen atoms in total. The van der Waals surface area contributed by atoms with Gasteiger partial charge in [-0.1, -0.05) is 19.1 Å². The van der Waals surface area contributed by atoms with Crippen LogP contribution in [0, 0.1) is 11.6 Å². The molecule has 1 aromatic rings. The summed E-state index contributed by atoms with van der Waals surface area (Å²) >= 11 is 0. The Balaban J connectivity index is 2.00. The van der Waals surface area contributed by atoms with Crippen LogP contribution in [-0.2, 0) is 6.54 Å². The second-order valence-electron chi connectivity index (χ2n) is 5.24.